The summed E-state index contributed by atoms with van der Waals surface area (Å²) in [6.45, 7) is 8.73. The minimum absolute atomic E-state index is 0. The number of aliphatic imine (C=N–C) groups is 1. The van der Waals surface area contributed by atoms with Crippen molar-refractivity contribution in [2.24, 2.45) is 10.4 Å². The first-order chi connectivity index (χ1) is 12.6. The number of rotatable bonds is 12. The smallest absolute Gasteiger partial charge is 0.306 e. The zero-order chi connectivity index (χ0) is 19.3. The Morgan fingerprint density at radius 2 is 1.85 bits per heavy atom. The van der Waals surface area contributed by atoms with Crippen LogP contribution in [0.4, 0.5) is 0 Å². The monoisotopic (exact) mass is 497 g/mol. The van der Waals surface area contributed by atoms with Gasteiger partial charge in [-0.15, -0.1) is 24.0 Å². The predicted octanol–water partition coefficient (Wildman–Crippen LogP) is 3.61. The number of guanidine groups is 1. The highest BCUT2D eigenvalue weighted by Crippen LogP contribution is 2.30. The number of nitrogens with one attached hydrogen (secondary N) is 2. The van der Waals surface area contributed by atoms with E-state index in [9.17, 15) is 9.90 Å². The maximum atomic E-state index is 11.9. The standard InChI is InChI=1S/C20H39N3O3.HI/c1-4-20(5-2,13-15-24)16-23-19(21-6-3)22-14-9-12-18(25)26-17-10-7-8-11-17;/h17,24H,4-16H2,1-3H3,(H2,21,22,23);1H. The molecule has 1 rings (SSSR count). The van der Waals surface area contributed by atoms with Crippen molar-refractivity contribution >= 4 is 35.9 Å². The molecular weight excluding hydrogens is 457 g/mol. The third-order valence-corrected chi connectivity index (χ3v) is 5.51. The Hall–Kier alpha value is -0.570. The fourth-order valence-electron chi connectivity index (χ4n) is 3.42. The molecule has 0 saturated heterocycles. The second kappa shape index (κ2) is 15.4. The van der Waals surface area contributed by atoms with Gasteiger partial charge in [0.1, 0.15) is 6.10 Å². The Kier molecular flexibility index (Phi) is 15.0. The molecular formula is C20H40IN3O3. The largest absolute Gasteiger partial charge is 0.462 e. The lowest BCUT2D eigenvalue weighted by molar-refractivity contribution is -0.148. The molecule has 0 spiro atoms. The third kappa shape index (κ3) is 10.5. The number of aliphatic hydroxyl groups excluding tert-OH is 1. The number of ether oxygens (including phenoxy) is 1. The fraction of sp³-hybridized carbons (Fsp3) is 0.900. The van der Waals surface area contributed by atoms with E-state index in [1.807, 2.05) is 6.92 Å². The van der Waals surface area contributed by atoms with Gasteiger partial charge in [-0.1, -0.05) is 13.8 Å². The maximum absolute atomic E-state index is 11.9. The van der Waals surface area contributed by atoms with Crippen LogP contribution in [0.5, 0.6) is 0 Å². The molecule has 6 nitrogen and oxygen atoms in total. The molecule has 0 unspecified atom stereocenters. The summed E-state index contributed by atoms with van der Waals surface area (Å²) in [6.07, 6.45) is 8.50. The van der Waals surface area contributed by atoms with Gasteiger partial charge < -0.3 is 20.5 Å². The van der Waals surface area contributed by atoms with E-state index in [4.69, 9.17) is 9.73 Å². The lowest BCUT2D eigenvalue weighted by Gasteiger charge is -2.29. The summed E-state index contributed by atoms with van der Waals surface area (Å²) in [4.78, 5) is 16.6. The van der Waals surface area contributed by atoms with Gasteiger partial charge in [-0.2, -0.15) is 0 Å². The Morgan fingerprint density at radius 3 is 2.41 bits per heavy atom. The quantitative estimate of drug-likeness (QED) is 0.126. The molecule has 1 aliphatic rings. The number of nitrogens with zero attached hydrogens (tertiary/aromatic N) is 1. The van der Waals surface area contributed by atoms with Crippen LogP contribution in [-0.2, 0) is 9.53 Å². The highest BCUT2D eigenvalue weighted by atomic mass is 127. The van der Waals surface area contributed by atoms with Crippen molar-refractivity contribution in [3.05, 3.63) is 0 Å². The van der Waals surface area contributed by atoms with Crippen molar-refractivity contribution in [3.63, 3.8) is 0 Å². The minimum atomic E-state index is -0.0837. The number of hydrogen-bond donors (Lipinski definition) is 3. The van der Waals surface area contributed by atoms with Crippen molar-refractivity contribution in [3.8, 4) is 0 Å². The lowest BCUT2D eigenvalue weighted by atomic mass is 9.79. The van der Waals surface area contributed by atoms with E-state index in [1.165, 1.54) is 12.8 Å². The van der Waals surface area contributed by atoms with Crippen molar-refractivity contribution in [1.29, 1.82) is 0 Å². The molecule has 0 aromatic heterocycles. The third-order valence-electron chi connectivity index (χ3n) is 5.51. The van der Waals surface area contributed by atoms with Gasteiger partial charge in [-0.05, 0) is 63.7 Å². The van der Waals surface area contributed by atoms with Crippen molar-refractivity contribution in [2.45, 2.75) is 84.7 Å². The summed E-state index contributed by atoms with van der Waals surface area (Å²) in [7, 11) is 0. The van der Waals surface area contributed by atoms with Gasteiger partial charge in [0.25, 0.3) is 0 Å². The maximum Gasteiger partial charge on any atom is 0.306 e. The number of carbonyl (C=O) groups is 1. The fourth-order valence-corrected chi connectivity index (χ4v) is 3.42. The van der Waals surface area contributed by atoms with Crippen LogP contribution >= 0.6 is 24.0 Å². The number of hydrogen-bond acceptors (Lipinski definition) is 4. The summed E-state index contributed by atoms with van der Waals surface area (Å²) in [6, 6.07) is 0. The summed E-state index contributed by atoms with van der Waals surface area (Å²) in [5, 5.41) is 15.9. The summed E-state index contributed by atoms with van der Waals surface area (Å²) in [5.41, 5.74) is 0.0577. The molecule has 0 heterocycles. The number of aliphatic hydroxyl groups is 1. The van der Waals surface area contributed by atoms with Crippen LogP contribution < -0.4 is 10.6 Å². The van der Waals surface area contributed by atoms with Gasteiger partial charge in [0, 0.05) is 32.7 Å². The first-order valence-corrected chi connectivity index (χ1v) is 10.4. The molecule has 0 bridgehead atoms. The van der Waals surface area contributed by atoms with Crippen LogP contribution in [0.1, 0.15) is 78.6 Å². The zero-order valence-electron chi connectivity index (χ0n) is 17.4. The summed E-state index contributed by atoms with van der Waals surface area (Å²) < 4.78 is 5.48. The van der Waals surface area contributed by atoms with Crippen LogP contribution in [0.2, 0.25) is 0 Å². The first kappa shape index (κ1) is 26.4. The molecule has 0 atom stereocenters. The van der Waals surface area contributed by atoms with Crippen LogP contribution in [0, 0.1) is 5.41 Å². The number of esters is 1. The Morgan fingerprint density at radius 1 is 1.19 bits per heavy atom. The van der Waals surface area contributed by atoms with Gasteiger partial charge in [0.15, 0.2) is 5.96 Å². The highest BCUT2D eigenvalue weighted by Gasteiger charge is 2.25. The van der Waals surface area contributed by atoms with Crippen LogP contribution in [0.3, 0.4) is 0 Å². The molecule has 0 aliphatic heterocycles. The molecule has 160 valence electrons. The Balaban J connectivity index is 0.00000676. The van der Waals surface area contributed by atoms with Crippen LogP contribution in [-0.4, -0.2) is 49.4 Å². The summed E-state index contributed by atoms with van der Waals surface area (Å²) >= 11 is 0. The highest BCUT2D eigenvalue weighted by molar-refractivity contribution is 14.0. The van der Waals surface area contributed by atoms with Crippen LogP contribution in [0.15, 0.2) is 4.99 Å². The number of halogens is 1. The van der Waals surface area contributed by atoms with E-state index in [-0.39, 0.29) is 48.1 Å². The van der Waals surface area contributed by atoms with Gasteiger partial charge in [0.05, 0.1) is 0 Å². The van der Waals surface area contributed by atoms with E-state index < -0.39 is 0 Å². The zero-order valence-corrected chi connectivity index (χ0v) is 19.7. The molecule has 0 aromatic carbocycles. The van der Waals surface area contributed by atoms with Gasteiger partial charge >= 0.3 is 5.97 Å². The van der Waals surface area contributed by atoms with Gasteiger partial charge in [-0.3, -0.25) is 9.79 Å². The van der Waals surface area contributed by atoms with Gasteiger partial charge in [0.2, 0.25) is 0 Å². The van der Waals surface area contributed by atoms with Gasteiger partial charge in [-0.25, -0.2) is 0 Å². The predicted molar refractivity (Wildman–Crippen MR) is 122 cm³/mol. The average molecular weight is 497 g/mol. The molecule has 3 N–H and O–H groups in total. The second-order valence-electron chi connectivity index (χ2n) is 7.30. The molecule has 0 aromatic rings. The topological polar surface area (TPSA) is 83.0 Å². The normalized spacial score (nSPS) is 15.3. The molecule has 27 heavy (non-hydrogen) atoms. The molecule has 1 aliphatic carbocycles. The lowest BCUT2D eigenvalue weighted by Crippen LogP contribution is -2.39. The van der Waals surface area contributed by atoms with Crippen molar-refractivity contribution in [2.75, 3.05) is 26.2 Å². The SMILES string of the molecule is CCNC(=NCC(CC)(CC)CCO)NCCCC(=O)OC1CCCC1.I. The Bertz CT molecular complexity index is 423. The molecule has 7 heteroatoms. The molecule has 1 fully saturated rings. The van der Waals surface area contributed by atoms with Crippen LogP contribution in [0.25, 0.3) is 0 Å². The molecule has 0 amide bonds. The van der Waals surface area contributed by atoms with E-state index in [0.717, 1.165) is 51.0 Å². The molecule has 0 radical (unpaired) electrons. The first-order valence-electron chi connectivity index (χ1n) is 10.4. The van der Waals surface area contributed by atoms with E-state index in [1.54, 1.807) is 0 Å². The van der Waals surface area contributed by atoms with E-state index in [0.29, 0.717) is 19.5 Å². The van der Waals surface area contributed by atoms with Crippen molar-refractivity contribution < 1.29 is 14.6 Å². The van der Waals surface area contributed by atoms with Crippen molar-refractivity contribution in [1.82, 2.24) is 10.6 Å². The second-order valence-corrected chi connectivity index (χ2v) is 7.30. The minimum Gasteiger partial charge on any atom is -0.462 e. The average Bonchev–Trinajstić information content (AvgIpc) is 3.15. The van der Waals surface area contributed by atoms with E-state index >= 15 is 0 Å². The Labute approximate surface area is 182 Å². The number of carbonyl (C=O) groups excluding carboxylic acids is 1. The summed E-state index contributed by atoms with van der Waals surface area (Å²) in [5.74, 6) is 0.695. The van der Waals surface area contributed by atoms with E-state index in [2.05, 4.69) is 24.5 Å². The molecule has 1 saturated carbocycles.